The van der Waals surface area contributed by atoms with Crippen molar-refractivity contribution in [3.63, 3.8) is 0 Å². The Morgan fingerprint density at radius 1 is 1.39 bits per heavy atom. The van der Waals surface area contributed by atoms with Crippen molar-refractivity contribution in [3.05, 3.63) is 47.8 Å². The van der Waals surface area contributed by atoms with Gasteiger partial charge in [-0.3, -0.25) is 9.78 Å². The number of anilines is 2. The third-order valence-corrected chi connectivity index (χ3v) is 2.44. The molecule has 0 aliphatic rings. The fourth-order valence-corrected chi connectivity index (χ4v) is 1.57. The predicted octanol–water partition coefficient (Wildman–Crippen LogP) is 1.93. The summed E-state index contributed by atoms with van der Waals surface area (Å²) in [6, 6.07) is 6.43. The summed E-state index contributed by atoms with van der Waals surface area (Å²) in [6.07, 6.45) is 3.22. The van der Waals surface area contributed by atoms with E-state index < -0.39 is 5.91 Å². The van der Waals surface area contributed by atoms with Crippen LogP contribution in [0.2, 0.25) is 0 Å². The van der Waals surface area contributed by atoms with Crippen LogP contribution in [0.4, 0.5) is 11.4 Å². The van der Waals surface area contributed by atoms with Crippen molar-refractivity contribution in [2.45, 2.75) is 6.92 Å². The molecular weight excluding hydrogens is 230 g/mol. The zero-order chi connectivity index (χ0) is 13.1. The predicted molar refractivity (Wildman–Crippen MR) is 69.4 cm³/mol. The molecular formula is C13H13N3O2. The Balaban J connectivity index is 2.25. The number of amides is 1. The molecule has 0 radical (unpaired) electrons. The molecule has 0 saturated heterocycles. The van der Waals surface area contributed by atoms with Gasteiger partial charge in [0, 0.05) is 6.20 Å². The molecule has 0 atom stereocenters. The number of rotatable bonds is 2. The van der Waals surface area contributed by atoms with Crippen molar-refractivity contribution in [2.24, 2.45) is 0 Å². The van der Waals surface area contributed by atoms with Gasteiger partial charge in [-0.1, -0.05) is 6.07 Å². The van der Waals surface area contributed by atoms with Crippen molar-refractivity contribution in [3.8, 4) is 5.75 Å². The maximum Gasteiger partial charge on any atom is 0.259 e. The van der Waals surface area contributed by atoms with E-state index in [-0.39, 0.29) is 17.0 Å². The number of para-hydroxylation sites is 1. The topological polar surface area (TPSA) is 88.2 Å². The van der Waals surface area contributed by atoms with E-state index in [9.17, 15) is 9.90 Å². The van der Waals surface area contributed by atoms with Gasteiger partial charge in [0.15, 0.2) is 5.75 Å². The van der Waals surface area contributed by atoms with Crippen molar-refractivity contribution in [1.29, 1.82) is 0 Å². The number of nitrogens with two attached hydrogens (primary N) is 1. The van der Waals surface area contributed by atoms with E-state index in [1.165, 1.54) is 18.3 Å². The number of benzene rings is 1. The van der Waals surface area contributed by atoms with Gasteiger partial charge >= 0.3 is 0 Å². The van der Waals surface area contributed by atoms with Gasteiger partial charge in [-0.2, -0.15) is 0 Å². The van der Waals surface area contributed by atoms with Gasteiger partial charge in [-0.15, -0.1) is 0 Å². The fourth-order valence-electron chi connectivity index (χ4n) is 1.57. The van der Waals surface area contributed by atoms with Crippen LogP contribution in [0, 0.1) is 6.92 Å². The zero-order valence-electron chi connectivity index (χ0n) is 9.84. The maximum absolute atomic E-state index is 11.9. The number of pyridine rings is 1. The molecule has 2 aromatic rings. The molecule has 1 aromatic carbocycles. The second-order valence-electron chi connectivity index (χ2n) is 3.95. The Kier molecular flexibility index (Phi) is 3.14. The van der Waals surface area contributed by atoms with E-state index in [1.807, 2.05) is 6.92 Å². The quantitative estimate of drug-likeness (QED) is 0.555. The minimum Gasteiger partial charge on any atom is -0.505 e. The van der Waals surface area contributed by atoms with E-state index >= 15 is 0 Å². The van der Waals surface area contributed by atoms with Gasteiger partial charge in [-0.25, -0.2) is 0 Å². The Labute approximate surface area is 104 Å². The summed E-state index contributed by atoms with van der Waals surface area (Å²) < 4.78 is 0. The molecule has 18 heavy (non-hydrogen) atoms. The first-order valence-corrected chi connectivity index (χ1v) is 5.38. The Morgan fingerprint density at radius 3 is 2.89 bits per heavy atom. The van der Waals surface area contributed by atoms with Crippen molar-refractivity contribution in [2.75, 3.05) is 11.1 Å². The summed E-state index contributed by atoms with van der Waals surface area (Å²) in [5.41, 5.74) is 7.35. The van der Waals surface area contributed by atoms with Crippen LogP contribution >= 0.6 is 0 Å². The summed E-state index contributed by atoms with van der Waals surface area (Å²) in [5.74, 6) is -0.636. The highest BCUT2D eigenvalue weighted by Gasteiger charge is 2.13. The van der Waals surface area contributed by atoms with Gasteiger partial charge in [0.2, 0.25) is 0 Å². The number of phenolic OH excluding ortho intramolecular Hbond substituents is 1. The van der Waals surface area contributed by atoms with Crippen LogP contribution in [-0.4, -0.2) is 16.0 Å². The van der Waals surface area contributed by atoms with Gasteiger partial charge < -0.3 is 16.2 Å². The molecule has 0 spiro atoms. The highest BCUT2D eigenvalue weighted by molar-refractivity contribution is 6.07. The SMILES string of the molecule is Cc1cncc(NC(=O)c2cccc(N)c2O)c1. The lowest BCUT2D eigenvalue weighted by atomic mass is 10.1. The van der Waals surface area contributed by atoms with Crippen LogP contribution in [0.3, 0.4) is 0 Å². The average molecular weight is 243 g/mol. The molecule has 0 fully saturated rings. The van der Waals surface area contributed by atoms with Crippen LogP contribution < -0.4 is 11.1 Å². The first-order chi connectivity index (χ1) is 8.58. The number of phenols is 1. The largest absolute Gasteiger partial charge is 0.505 e. The standard InChI is InChI=1S/C13H13N3O2/c1-8-5-9(7-15-6-8)16-13(18)10-3-2-4-11(14)12(10)17/h2-7,17H,14H2,1H3,(H,16,18). The highest BCUT2D eigenvalue weighted by Crippen LogP contribution is 2.25. The minimum atomic E-state index is -0.424. The molecule has 5 heteroatoms. The molecule has 1 amide bonds. The monoisotopic (exact) mass is 243 g/mol. The molecule has 0 bridgehead atoms. The summed E-state index contributed by atoms with van der Waals surface area (Å²) in [5, 5.41) is 12.3. The van der Waals surface area contributed by atoms with Crippen molar-refractivity contribution >= 4 is 17.3 Å². The first-order valence-electron chi connectivity index (χ1n) is 5.38. The third-order valence-electron chi connectivity index (χ3n) is 2.44. The van der Waals surface area contributed by atoms with E-state index in [1.54, 1.807) is 18.3 Å². The number of aromatic hydroxyl groups is 1. The molecule has 0 aliphatic carbocycles. The number of aryl methyl sites for hydroxylation is 1. The molecule has 0 saturated carbocycles. The van der Waals surface area contributed by atoms with E-state index in [2.05, 4.69) is 10.3 Å². The molecule has 4 N–H and O–H groups in total. The number of aromatic nitrogens is 1. The smallest absolute Gasteiger partial charge is 0.259 e. The average Bonchev–Trinajstić information content (AvgIpc) is 2.32. The second-order valence-corrected chi connectivity index (χ2v) is 3.95. The molecule has 92 valence electrons. The zero-order valence-corrected chi connectivity index (χ0v) is 9.84. The van der Waals surface area contributed by atoms with Crippen LogP contribution in [0.25, 0.3) is 0 Å². The van der Waals surface area contributed by atoms with Crippen LogP contribution in [-0.2, 0) is 0 Å². The number of hydrogen-bond acceptors (Lipinski definition) is 4. The van der Waals surface area contributed by atoms with Gasteiger partial charge in [0.25, 0.3) is 5.91 Å². The van der Waals surface area contributed by atoms with Crippen molar-refractivity contribution < 1.29 is 9.90 Å². The molecule has 5 nitrogen and oxygen atoms in total. The molecule has 0 unspecified atom stereocenters. The molecule has 1 aromatic heterocycles. The minimum absolute atomic E-state index is 0.136. The number of carbonyl (C=O) groups excluding carboxylic acids is 1. The second kappa shape index (κ2) is 4.75. The normalized spacial score (nSPS) is 10.1. The molecule has 0 aliphatic heterocycles. The van der Waals surface area contributed by atoms with Crippen LogP contribution in [0.1, 0.15) is 15.9 Å². The summed E-state index contributed by atoms with van der Waals surface area (Å²) in [6.45, 7) is 1.88. The lowest BCUT2D eigenvalue weighted by Gasteiger charge is -2.08. The number of hydrogen-bond donors (Lipinski definition) is 3. The summed E-state index contributed by atoms with van der Waals surface area (Å²) >= 11 is 0. The number of nitrogens with zero attached hydrogens (tertiary/aromatic N) is 1. The van der Waals surface area contributed by atoms with Crippen molar-refractivity contribution in [1.82, 2.24) is 4.98 Å². The summed E-state index contributed by atoms with van der Waals surface area (Å²) in [4.78, 5) is 15.9. The van der Waals surface area contributed by atoms with Gasteiger partial charge in [0.05, 0.1) is 23.1 Å². The van der Waals surface area contributed by atoms with E-state index in [0.29, 0.717) is 5.69 Å². The first kappa shape index (κ1) is 11.9. The maximum atomic E-state index is 11.9. The fraction of sp³-hybridized carbons (Fsp3) is 0.0769. The van der Waals surface area contributed by atoms with Crippen LogP contribution in [0.5, 0.6) is 5.75 Å². The third kappa shape index (κ3) is 2.40. The van der Waals surface area contributed by atoms with E-state index in [4.69, 9.17) is 5.73 Å². The number of nitrogen functional groups attached to an aromatic ring is 1. The highest BCUT2D eigenvalue weighted by atomic mass is 16.3. The summed E-state index contributed by atoms with van der Waals surface area (Å²) in [7, 11) is 0. The Hall–Kier alpha value is -2.56. The van der Waals surface area contributed by atoms with Gasteiger partial charge in [-0.05, 0) is 30.7 Å². The number of nitrogens with one attached hydrogen (secondary N) is 1. The van der Waals surface area contributed by atoms with Crippen LogP contribution in [0.15, 0.2) is 36.7 Å². The van der Waals surface area contributed by atoms with E-state index in [0.717, 1.165) is 5.56 Å². The lowest BCUT2D eigenvalue weighted by molar-refractivity contribution is 0.102. The number of carbonyl (C=O) groups is 1. The van der Waals surface area contributed by atoms with Gasteiger partial charge in [0.1, 0.15) is 0 Å². The Morgan fingerprint density at radius 2 is 2.17 bits per heavy atom. The molecule has 1 heterocycles. The lowest BCUT2D eigenvalue weighted by Crippen LogP contribution is -2.12. The molecule has 2 rings (SSSR count). The Bertz CT molecular complexity index is 597.